The van der Waals surface area contributed by atoms with E-state index in [0.717, 1.165) is 24.4 Å². The summed E-state index contributed by atoms with van der Waals surface area (Å²) < 4.78 is 13.2. The number of hydrogen-bond acceptors (Lipinski definition) is 1. The second-order valence-corrected chi connectivity index (χ2v) is 5.53. The van der Waals surface area contributed by atoms with Crippen molar-refractivity contribution in [2.45, 2.75) is 39.0 Å². The van der Waals surface area contributed by atoms with Crippen LogP contribution < -0.4 is 5.73 Å². The van der Waals surface area contributed by atoms with E-state index in [9.17, 15) is 4.39 Å². The van der Waals surface area contributed by atoms with Crippen LogP contribution in [-0.2, 0) is 6.42 Å². The van der Waals surface area contributed by atoms with Gasteiger partial charge in [0.15, 0.2) is 0 Å². The second-order valence-electron chi connectivity index (χ2n) is 5.53. The van der Waals surface area contributed by atoms with E-state index in [1.54, 1.807) is 12.1 Å². The molecule has 2 atom stereocenters. The van der Waals surface area contributed by atoms with Crippen LogP contribution in [-0.4, -0.2) is 6.54 Å². The SMILES string of the molecule is CCC1CCC(CN)(Cc2cccc(F)c2)C1. The molecule has 2 unspecified atom stereocenters. The van der Waals surface area contributed by atoms with Gasteiger partial charge in [-0.3, -0.25) is 0 Å². The van der Waals surface area contributed by atoms with Gasteiger partial charge >= 0.3 is 0 Å². The quantitative estimate of drug-likeness (QED) is 0.849. The Kier molecular flexibility index (Phi) is 3.82. The third-order valence-electron chi connectivity index (χ3n) is 4.28. The Bertz CT molecular complexity index is 377. The standard InChI is InChI=1S/C15H22FN/c1-2-12-6-7-15(9-12,11-17)10-13-4-3-5-14(16)8-13/h3-5,8,12H,2,6-7,9-11,17H2,1H3. The summed E-state index contributed by atoms with van der Waals surface area (Å²) in [7, 11) is 0. The largest absolute Gasteiger partial charge is 0.330 e. The molecule has 0 aromatic heterocycles. The molecule has 2 N–H and O–H groups in total. The molecule has 0 radical (unpaired) electrons. The van der Waals surface area contributed by atoms with Crippen molar-refractivity contribution in [3.63, 3.8) is 0 Å². The highest BCUT2D eigenvalue weighted by Crippen LogP contribution is 2.44. The van der Waals surface area contributed by atoms with E-state index in [4.69, 9.17) is 5.73 Å². The Morgan fingerprint density at radius 1 is 1.47 bits per heavy atom. The van der Waals surface area contributed by atoms with E-state index in [1.807, 2.05) is 6.07 Å². The number of hydrogen-bond donors (Lipinski definition) is 1. The number of benzene rings is 1. The Morgan fingerprint density at radius 2 is 2.29 bits per heavy atom. The van der Waals surface area contributed by atoms with Crippen molar-refractivity contribution >= 4 is 0 Å². The van der Waals surface area contributed by atoms with Crippen LogP contribution in [0.3, 0.4) is 0 Å². The highest BCUT2D eigenvalue weighted by atomic mass is 19.1. The molecule has 0 amide bonds. The Morgan fingerprint density at radius 3 is 2.88 bits per heavy atom. The Labute approximate surface area is 103 Å². The van der Waals surface area contributed by atoms with Gasteiger partial charge in [-0.05, 0) is 61.3 Å². The predicted molar refractivity (Wildman–Crippen MR) is 69.2 cm³/mol. The summed E-state index contributed by atoms with van der Waals surface area (Å²) in [5.41, 5.74) is 7.28. The summed E-state index contributed by atoms with van der Waals surface area (Å²) in [6.07, 6.45) is 5.85. The van der Waals surface area contributed by atoms with Crippen LogP contribution >= 0.6 is 0 Å². The van der Waals surface area contributed by atoms with Crippen LogP contribution in [0, 0.1) is 17.2 Å². The van der Waals surface area contributed by atoms with Gasteiger partial charge in [-0.15, -0.1) is 0 Å². The molecule has 1 aromatic carbocycles. The van der Waals surface area contributed by atoms with Crippen molar-refractivity contribution in [2.75, 3.05) is 6.54 Å². The van der Waals surface area contributed by atoms with Gasteiger partial charge in [0.1, 0.15) is 5.82 Å². The Balaban J connectivity index is 2.10. The minimum Gasteiger partial charge on any atom is -0.330 e. The summed E-state index contributed by atoms with van der Waals surface area (Å²) in [6.45, 7) is 2.97. The molecular formula is C15H22FN. The van der Waals surface area contributed by atoms with Crippen LogP contribution in [0.15, 0.2) is 24.3 Å². The molecule has 0 spiro atoms. The van der Waals surface area contributed by atoms with Gasteiger partial charge in [0.25, 0.3) is 0 Å². The van der Waals surface area contributed by atoms with Crippen molar-refractivity contribution in [2.24, 2.45) is 17.1 Å². The maximum Gasteiger partial charge on any atom is 0.123 e. The second kappa shape index (κ2) is 5.18. The zero-order chi connectivity index (χ0) is 12.3. The molecule has 0 saturated heterocycles. The van der Waals surface area contributed by atoms with Crippen LogP contribution in [0.1, 0.15) is 38.2 Å². The predicted octanol–water partition coefficient (Wildman–Crippen LogP) is 3.52. The first-order chi connectivity index (χ1) is 8.17. The molecule has 17 heavy (non-hydrogen) atoms. The summed E-state index contributed by atoms with van der Waals surface area (Å²) in [6, 6.07) is 6.96. The average Bonchev–Trinajstić information content (AvgIpc) is 2.73. The summed E-state index contributed by atoms with van der Waals surface area (Å²) in [4.78, 5) is 0. The molecule has 1 aromatic rings. The van der Waals surface area contributed by atoms with Gasteiger partial charge in [0.2, 0.25) is 0 Å². The molecule has 0 heterocycles. The van der Waals surface area contributed by atoms with E-state index in [1.165, 1.54) is 31.7 Å². The molecular weight excluding hydrogens is 213 g/mol. The first-order valence-corrected chi connectivity index (χ1v) is 6.62. The number of rotatable bonds is 4. The molecule has 0 bridgehead atoms. The highest BCUT2D eigenvalue weighted by molar-refractivity contribution is 5.18. The van der Waals surface area contributed by atoms with Crippen molar-refractivity contribution in [3.8, 4) is 0 Å². The fourth-order valence-corrected chi connectivity index (χ4v) is 3.17. The summed E-state index contributed by atoms with van der Waals surface area (Å²) >= 11 is 0. The molecule has 1 aliphatic carbocycles. The van der Waals surface area contributed by atoms with Crippen LogP contribution in [0.25, 0.3) is 0 Å². The van der Waals surface area contributed by atoms with Crippen molar-refractivity contribution in [3.05, 3.63) is 35.6 Å². The minimum absolute atomic E-state index is 0.139. The molecule has 1 saturated carbocycles. The third-order valence-corrected chi connectivity index (χ3v) is 4.28. The fraction of sp³-hybridized carbons (Fsp3) is 0.600. The zero-order valence-corrected chi connectivity index (χ0v) is 10.6. The fourth-order valence-electron chi connectivity index (χ4n) is 3.17. The number of nitrogens with two attached hydrogens (primary N) is 1. The normalized spacial score (nSPS) is 28.5. The molecule has 94 valence electrons. The lowest BCUT2D eigenvalue weighted by Gasteiger charge is -2.28. The van der Waals surface area contributed by atoms with Gasteiger partial charge in [-0.25, -0.2) is 4.39 Å². The summed E-state index contributed by atoms with van der Waals surface area (Å²) in [5, 5.41) is 0. The van der Waals surface area contributed by atoms with Gasteiger partial charge in [-0.2, -0.15) is 0 Å². The molecule has 2 heteroatoms. The van der Waals surface area contributed by atoms with Gasteiger partial charge in [0.05, 0.1) is 0 Å². The molecule has 0 aliphatic heterocycles. The first-order valence-electron chi connectivity index (χ1n) is 6.62. The van der Waals surface area contributed by atoms with Crippen LogP contribution in [0.4, 0.5) is 4.39 Å². The van der Waals surface area contributed by atoms with Crippen molar-refractivity contribution in [1.82, 2.24) is 0 Å². The lowest BCUT2D eigenvalue weighted by molar-refractivity contribution is 0.290. The lowest BCUT2D eigenvalue weighted by atomic mass is 9.79. The van der Waals surface area contributed by atoms with E-state index < -0.39 is 0 Å². The molecule has 2 rings (SSSR count). The van der Waals surface area contributed by atoms with Gasteiger partial charge in [-0.1, -0.05) is 25.5 Å². The van der Waals surface area contributed by atoms with E-state index in [-0.39, 0.29) is 11.2 Å². The number of halogens is 1. The van der Waals surface area contributed by atoms with E-state index in [0.29, 0.717) is 0 Å². The molecule has 1 nitrogen and oxygen atoms in total. The van der Waals surface area contributed by atoms with Gasteiger partial charge < -0.3 is 5.73 Å². The lowest BCUT2D eigenvalue weighted by Crippen LogP contribution is -2.30. The maximum absolute atomic E-state index is 13.2. The zero-order valence-electron chi connectivity index (χ0n) is 10.6. The van der Waals surface area contributed by atoms with Crippen molar-refractivity contribution < 1.29 is 4.39 Å². The third kappa shape index (κ3) is 2.86. The molecule has 1 fully saturated rings. The highest BCUT2D eigenvalue weighted by Gasteiger charge is 2.37. The summed E-state index contributed by atoms with van der Waals surface area (Å²) in [5.74, 6) is 0.673. The Hall–Kier alpha value is -0.890. The van der Waals surface area contributed by atoms with E-state index in [2.05, 4.69) is 6.92 Å². The smallest absolute Gasteiger partial charge is 0.123 e. The topological polar surface area (TPSA) is 26.0 Å². The average molecular weight is 235 g/mol. The minimum atomic E-state index is -0.139. The first kappa shape index (κ1) is 12.6. The maximum atomic E-state index is 13.2. The van der Waals surface area contributed by atoms with E-state index >= 15 is 0 Å². The van der Waals surface area contributed by atoms with Gasteiger partial charge in [0, 0.05) is 0 Å². The molecule has 1 aliphatic rings. The van der Waals surface area contributed by atoms with Crippen LogP contribution in [0.2, 0.25) is 0 Å². The monoisotopic (exact) mass is 235 g/mol. The van der Waals surface area contributed by atoms with Crippen LogP contribution in [0.5, 0.6) is 0 Å². The van der Waals surface area contributed by atoms with Crippen molar-refractivity contribution in [1.29, 1.82) is 0 Å².